The lowest BCUT2D eigenvalue weighted by Gasteiger charge is -2.07. The highest BCUT2D eigenvalue weighted by Crippen LogP contribution is 2.36. The van der Waals surface area contributed by atoms with Crippen molar-refractivity contribution in [3.8, 4) is 0 Å². The van der Waals surface area contributed by atoms with Crippen molar-refractivity contribution in [2.45, 2.75) is 54.9 Å². The van der Waals surface area contributed by atoms with Gasteiger partial charge in [0, 0.05) is 0 Å². The lowest BCUT2D eigenvalue weighted by molar-refractivity contribution is 0.721. The first-order chi connectivity index (χ1) is 7.06. The molecule has 0 saturated heterocycles. The molecule has 1 aliphatic rings. The minimum Gasteiger partial charge on any atom is -0.0847 e. The summed E-state index contributed by atoms with van der Waals surface area (Å²) in [5, 5.41) is 0. The van der Waals surface area contributed by atoms with Crippen molar-refractivity contribution in [3.05, 3.63) is 34.4 Å². The van der Waals surface area contributed by atoms with Crippen molar-refractivity contribution >= 4 is 0 Å². The lowest BCUT2D eigenvalue weighted by atomic mass is 9.98. The molecule has 0 spiro atoms. The maximum Gasteiger partial charge on any atom is -0.0150 e. The summed E-state index contributed by atoms with van der Waals surface area (Å²) in [5.41, 5.74) is 5.97. The maximum atomic E-state index is 2.33. The lowest BCUT2D eigenvalue weighted by Crippen LogP contribution is -1.92. The molecule has 1 unspecified atom stereocenters. The van der Waals surface area contributed by atoms with Crippen LogP contribution in [-0.2, 0) is 0 Å². The third-order valence-corrected chi connectivity index (χ3v) is 3.05. The van der Waals surface area contributed by atoms with Crippen LogP contribution in [0.3, 0.4) is 0 Å². The van der Waals surface area contributed by atoms with E-state index < -0.39 is 0 Å². The van der Waals surface area contributed by atoms with Crippen LogP contribution in [0.15, 0.2) is 34.4 Å². The highest BCUT2D eigenvalue weighted by Gasteiger charge is 2.20. The van der Waals surface area contributed by atoms with E-state index in [1.807, 2.05) is 13.8 Å². The standard InChI is InChI=1S/C13H20.C2H6/c1-6-9(2)7-13-11(4)8-10(3)12(13)5;1-2/h6-7,11H,8H2,1-5H3;1-2H3/b9-6-,13-7+;. The molecule has 0 N–H and O–H groups in total. The number of hydrogen-bond donors (Lipinski definition) is 0. The van der Waals surface area contributed by atoms with Crippen molar-refractivity contribution in [1.29, 1.82) is 0 Å². The van der Waals surface area contributed by atoms with E-state index in [2.05, 4.69) is 46.8 Å². The summed E-state index contributed by atoms with van der Waals surface area (Å²) in [6.07, 6.45) is 5.74. The summed E-state index contributed by atoms with van der Waals surface area (Å²) in [6.45, 7) is 15.1. The summed E-state index contributed by atoms with van der Waals surface area (Å²) in [7, 11) is 0. The van der Waals surface area contributed by atoms with Crippen LogP contribution in [0.2, 0.25) is 0 Å². The molecule has 1 rings (SSSR count). The second kappa shape index (κ2) is 6.66. The minimum absolute atomic E-state index is 0.717. The Morgan fingerprint density at radius 1 is 1.27 bits per heavy atom. The van der Waals surface area contributed by atoms with Gasteiger partial charge in [-0.15, -0.1) is 0 Å². The fourth-order valence-corrected chi connectivity index (χ4v) is 1.92. The van der Waals surface area contributed by atoms with E-state index in [0.29, 0.717) is 0 Å². The third kappa shape index (κ3) is 3.70. The molecule has 86 valence electrons. The van der Waals surface area contributed by atoms with Crippen LogP contribution in [0, 0.1) is 5.92 Å². The predicted molar refractivity (Wildman–Crippen MR) is 71.0 cm³/mol. The summed E-state index contributed by atoms with van der Waals surface area (Å²) in [5.74, 6) is 0.717. The fraction of sp³-hybridized carbons (Fsp3) is 0.600. The van der Waals surface area contributed by atoms with Gasteiger partial charge in [0.25, 0.3) is 0 Å². The second-order valence-corrected chi connectivity index (χ2v) is 4.14. The molecule has 0 saturated carbocycles. The van der Waals surface area contributed by atoms with Crippen LogP contribution in [0.25, 0.3) is 0 Å². The average molecular weight is 206 g/mol. The van der Waals surface area contributed by atoms with Gasteiger partial charge in [-0.2, -0.15) is 0 Å². The molecular formula is C15H26. The monoisotopic (exact) mass is 206 g/mol. The van der Waals surface area contributed by atoms with Gasteiger partial charge < -0.3 is 0 Å². The topological polar surface area (TPSA) is 0 Å². The van der Waals surface area contributed by atoms with Gasteiger partial charge in [-0.1, -0.05) is 44.1 Å². The Morgan fingerprint density at radius 3 is 2.13 bits per heavy atom. The van der Waals surface area contributed by atoms with E-state index in [9.17, 15) is 0 Å². The maximum absolute atomic E-state index is 2.33. The van der Waals surface area contributed by atoms with Gasteiger partial charge in [0.2, 0.25) is 0 Å². The Bertz CT molecular complexity index is 287. The van der Waals surface area contributed by atoms with Gasteiger partial charge in [-0.05, 0) is 51.2 Å². The first kappa shape index (κ1) is 14.2. The fourth-order valence-electron chi connectivity index (χ4n) is 1.92. The van der Waals surface area contributed by atoms with Crippen LogP contribution in [0.4, 0.5) is 0 Å². The quantitative estimate of drug-likeness (QED) is 0.547. The van der Waals surface area contributed by atoms with Crippen LogP contribution in [0.5, 0.6) is 0 Å². The summed E-state index contributed by atoms with van der Waals surface area (Å²) < 4.78 is 0. The molecule has 0 heteroatoms. The molecular weight excluding hydrogens is 180 g/mol. The zero-order valence-corrected chi connectivity index (χ0v) is 11.4. The molecule has 0 radical (unpaired) electrons. The van der Waals surface area contributed by atoms with E-state index >= 15 is 0 Å². The Labute approximate surface area is 95.8 Å². The summed E-state index contributed by atoms with van der Waals surface area (Å²) >= 11 is 0. The normalized spacial score (nSPS) is 24.3. The molecule has 0 aromatic rings. The van der Waals surface area contributed by atoms with Crippen molar-refractivity contribution < 1.29 is 0 Å². The van der Waals surface area contributed by atoms with E-state index in [1.165, 1.54) is 23.1 Å². The van der Waals surface area contributed by atoms with Crippen molar-refractivity contribution in [1.82, 2.24) is 0 Å². The van der Waals surface area contributed by atoms with Crippen LogP contribution in [-0.4, -0.2) is 0 Å². The molecule has 0 nitrogen and oxygen atoms in total. The summed E-state index contributed by atoms with van der Waals surface area (Å²) in [4.78, 5) is 0. The van der Waals surface area contributed by atoms with E-state index in [1.54, 1.807) is 5.57 Å². The Morgan fingerprint density at radius 2 is 1.80 bits per heavy atom. The van der Waals surface area contributed by atoms with Crippen molar-refractivity contribution in [2.24, 2.45) is 5.92 Å². The molecule has 0 aromatic heterocycles. The average Bonchev–Trinajstić information content (AvgIpc) is 2.48. The number of rotatable bonds is 1. The molecule has 0 heterocycles. The van der Waals surface area contributed by atoms with E-state index in [4.69, 9.17) is 0 Å². The SMILES string of the molecule is C/C=C(C)\C=C1\C(C)=C(C)CC1C.CC. The zero-order chi connectivity index (χ0) is 12.0. The van der Waals surface area contributed by atoms with Gasteiger partial charge in [-0.25, -0.2) is 0 Å². The first-order valence-corrected chi connectivity index (χ1v) is 6.07. The van der Waals surface area contributed by atoms with Crippen molar-refractivity contribution in [3.63, 3.8) is 0 Å². The van der Waals surface area contributed by atoms with Gasteiger partial charge in [0.1, 0.15) is 0 Å². The highest BCUT2D eigenvalue weighted by atomic mass is 14.2. The second-order valence-electron chi connectivity index (χ2n) is 4.14. The van der Waals surface area contributed by atoms with E-state index in [-0.39, 0.29) is 0 Å². The molecule has 0 fully saturated rings. The first-order valence-electron chi connectivity index (χ1n) is 6.07. The molecule has 15 heavy (non-hydrogen) atoms. The molecule has 0 aromatic carbocycles. The Hall–Kier alpha value is -0.780. The number of allylic oxidation sites excluding steroid dienone is 6. The zero-order valence-electron chi connectivity index (χ0n) is 11.4. The van der Waals surface area contributed by atoms with Gasteiger partial charge in [0.05, 0.1) is 0 Å². The minimum atomic E-state index is 0.717. The smallest absolute Gasteiger partial charge is 0.0150 e. The molecule has 1 aliphatic carbocycles. The van der Waals surface area contributed by atoms with Gasteiger partial charge >= 0.3 is 0 Å². The summed E-state index contributed by atoms with van der Waals surface area (Å²) in [6, 6.07) is 0. The number of hydrogen-bond acceptors (Lipinski definition) is 0. The molecule has 0 amide bonds. The molecule has 0 aliphatic heterocycles. The predicted octanol–water partition coefficient (Wildman–Crippen LogP) is 5.28. The molecule has 1 atom stereocenters. The molecule has 0 bridgehead atoms. The highest BCUT2D eigenvalue weighted by molar-refractivity contribution is 5.44. The van der Waals surface area contributed by atoms with Gasteiger partial charge in [-0.3, -0.25) is 0 Å². The Balaban J connectivity index is 0.000000921. The van der Waals surface area contributed by atoms with Crippen molar-refractivity contribution in [2.75, 3.05) is 0 Å². The Kier molecular flexibility index (Phi) is 6.31. The van der Waals surface area contributed by atoms with Crippen LogP contribution < -0.4 is 0 Å². The van der Waals surface area contributed by atoms with E-state index in [0.717, 1.165) is 5.92 Å². The third-order valence-electron chi connectivity index (χ3n) is 3.05. The van der Waals surface area contributed by atoms with Crippen LogP contribution in [0.1, 0.15) is 54.9 Å². The largest absolute Gasteiger partial charge is 0.0847 e. The van der Waals surface area contributed by atoms with Gasteiger partial charge in [0.15, 0.2) is 0 Å². The van der Waals surface area contributed by atoms with Crippen LogP contribution >= 0.6 is 0 Å².